The lowest BCUT2D eigenvalue weighted by atomic mass is 10.2. The molecule has 0 aliphatic carbocycles. The summed E-state index contributed by atoms with van der Waals surface area (Å²) in [6.45, 7) is 0. The van der Waals surface area contributed by atoms with Gasteiger partial charge in [0.05, 0.1) is 9.82 Å². The second-order valence-corrected chi connectivity index (χ2v) is 7.23. The van der Waals surface area contributed by atoms with E-state index in [4.69, 9.17) is 0 Å². The van der Waals surface area contributed by atoms with Gasteiger partial charge in [-0.25, -0.2) is 12.7 Å². The molecule has 9 heteroatoms. The zero-order chi connectivity index (χ0) is 17.9. The number of carbonyl (C=O) groups is 1. The summed E-state index contributed by atoms with van der Waals surface area (Å²) in [6, 6.07) is 11.0. The maximum absolute atomic E-state index is 12.2. The number of nitro benzene ring substituents is 1. The van der Waals surface area contributed by atoms with Crippen LogP contribution in [0.4, 0.5) is 11.4 Å². The van der Waals surface area contributed by atoms with E-state index in [9.17, 15) is 23.3 Å². The minimum atomic E-state index is -3.64. The summed E-state index contributed by atoms with van der Waals surface area (Å²) >= 11 is 0. The Morgan fingerprint density at radius 2 is 1.75 bits per heavy atom. The van der Waals surface area contributed by atoms with Crippen LogP contribution in [0.5, 0.6) is 0 Å². The number of carbonyl (C=O) groups excluding carboxylic acids is 1. The number of amides is 1. The number of hydrogen-bond acceptors (Lipinski definition) is 5. The molecule has 1 N–H and O–H groups in total. The second-order valence-electron chi connectivity index (χ2n) is 5.07. The fraction of sp³-hybridized carbons (Fsp3) is 0.133. The van der Waals surface area contributed by atoms with E-state index in [1.54, 1.807) is 0 Å². The predicted molar refractivity (Wildman–Crippen MR) is 88.4 cm³/mol. The van der Waals surface area contributed by atoms with Gasteiger partial charge in [-0.2, -0.15) is 0 Å². The third-order valence-corrected chi connectivity index (χ3v) is 5.02. The van der Waals surface area contributed by atoms with E-state index in [0.717, 1.165) is 4.31 Å². The van der Waals surface area contributed by atoms with Gasteiger partial charge < -0.3 is 5.32 Å². The SMILES string of the molecule is CN(C)S(=O)(=O)c1cccc(C(=O)Nc2ccc([N+](=O)[O-])cc2)c1. The monoisotopic (exact) mass is 349 g/mol. The highest BCUT2D eigenvalue weighted by Gasteiger charge is 2.18. The van der Waals surface area contributed by atoms with Crippen molar-refractivity contribution in [3.8, 4) is 0 Å². The second kappa shape index (κ2) is 6.77. The van der Waals surface area contributed by atoms with Crippen molar-refractivity contribution < 1.29 is 18.1 Å². The molecular formula is C15H15N3O5S. The van der Waals surface area contributed by atoms with Crippen LogP contribution in [0.15, 0.2) is 53.4 Å². The van der Waals surface area contributed by atoms with E-state index in [0.29, 0.717) is 5.69 Å². The number of anilines is 1. The number of non-ortho nitro benzene ring substituents is 1. The van der Waals surface area contributed by atoms with E-state index in [2.05, 4.69) is 5.32 Å². The maximum atomic E-state index is 12.2. The molecule has 0 saturated carbocycles. The van der Waals surface area contributed by atoms with Gasteiger partial charge in [0, 0.05) is 37.5 Å². The van der Waals surface area contributed by atoms with E-state index < -0.39 is 20.9 Å². The normalized spacial score (nSPS) is 11.3. The van der Waals surface area contributed by atoms with Crippen LogP contribution >= 0.6 is 0 Å². The zero-order valence-electron chi connectivity index (χ0n) is 13.0. The summed E-state index contributed by atoms with van der Waals surface area (Å²) in [5, 5.41) is 13.2. The number of nitrogens with one attached hydrogen (secondary N) is 1. The van der Waals surface area contributed by atoms with Crippen LogP contribution in [0.3, 0.4) is 0 Å². The van der Waals surface area contributed by atoms with Gasteiger partial charge in [0.25, 0.3) is 11.6 Å². The highest BCUT2D eigenvalue weighted by Crippen LogP contribution is 2.18. The van der Waals surface area contributed by atoms with E-state index in [-0.39, 0.29) is 16.1 Å². The molecule has 0 spiro atoms. The molecular weight excluding hydrogens is 334 g/mol. The molecule has 0 bridgehead atoms. The first kappa shape index (κ1) is 17.6. The molecule has 0 aliphatic heterocycles. The number of sulfonamides is 1. The third-order valence-electron chi connectivity index (χ3n) is 3.21. The molecule has 126 valence electrons. The third kappa shape index (κ3) is 3.76. The molecule has 0 atom stereocenters. The van der Waals surface area contributed by atoms with Gasteiger partial charge in [-0.15, -0.1) is 0 Å². The molecule has 2 aromatic carbocycles. The molecule has 0 aliphatic rings. The quantitative estimate of drug-likeness (QED) is 0.656. The number of hydrogen-bond donors (Lipinski definition) is 1. The van der Waals surface area contributed by atoms with Crippen LogP contribution in [-0.2, 0) is 10.0 Å². The molecule has 0 saturated heterocycles. The Bertz CT molecular complexity index is 876. The molecule has 0 fully saturated rings. The van der Waals surface area contributed by atoms with Crippen LogP contribution in [-0.4, -0.2) is 37.6 Å². The Morgan fingerprint density at radius 1 is 1.12 bits per heavy atom. The lowest BCUT2D eigenvalue weighted by Crippen LogP contribution is -2.22. The standard InChI is InChI=1S/C15H15N3O5S/c1-17(2)24(22,23)14-5-3-4-11(10-14)15(19)16-12-6-8-13(9-7-12)18(20)21/h3-10H,1-2H3,(H,16,19). The van der Waals surface area contributed by atoms with Crippen LogP contribution in [0.2, 0.25) is 0 Å². The molecule has 0 aromatic heterocycles. The maximum Gasteiger partial charge on any atom is 0.269 e. The van der Waals surface area contributed by atoms with Crippen molar-refractivity contribution in [1.82, 2.24) is 4.31 Å². The van der Waals surface area contributed by atoms with Crippen molar-refractivity contribution >= 4 is 27.3 Å². The molecule has 0 heterocycles. The number of nitrogens with zero attached hydrogens (tertiary/aromatic N) is 2. The zero-order valence-corrected chi connectivity index (χ0v) is 13.8. The van der Waals surface area contributed by atoms with Crippen molar-refractivity contribution in [2.75, 3.05) is 19.4 Å². The fourth-order valence-electron chi connectivity index (χ4n) is 1.88. The van der Waals surface area contributed by atoms with Crippen LogP contribution in [0.1, 0.15) is 10.4 Å². The molecule has 2 rings (SSSR count). The first-order valence-corrected chi connectivity index (χ1v) is 8.24. The van der Waals surface area contributed by atoms with E-state index >= 15 is 0 Å². The lowest BCUT2D eigenvalue weighted by Gasteiger charge is -2.12. The van der Waals surface area contributed by atoms with Gasteiger partial charge in [0.15, 0.2) is 0 Å². The van der Waals surface area contributed by atoms with Crippen molar-refractivity contribution in [2.24, 2.45) is 0 Å². The first-order valence-electron chi connectivity index (χ1n) is 6.80. The fourth-order valence-corrected chi connectivity index (χ4v) is 2.83. The largest absolute Gasteiger partial charge is 0.322 e. The topological polar surface area (TPSA) is 110 Å². The highest BCUT2D eigenvalue weighted by molar-refractivity contribution is 7.89. The smallest absolute Gasteiger partial charge is 0.269 e. The summed E-state index contributed by atoms with van der Waals surface area (Å²) in [6.07, 6.45) is 0. The minimum Gasteiger partial charge on any atom is -0.322 e. The molecule has 2 aromatic rings. The predicted octanol–water partition coefficient (Wildman–Crippen LogP) is 2.10. The van der Waals surface area contributed by atoms with E-state index in [1.165, 1.54) is 62.6 Å². The van der Waals surface area contributed by atoms with Gasteiger partial charge in [-0.1, -0.05) is 6.07 Å². The molecule has 0 radical (unpaired) electrons. The molecule has 24 heavy (non-hydrogen) atoms. The Balaban J connectivity index is 2.23. The summed E-state index contributed by atoms with van der Waals surface area (Å²) in [5.41, 5.74) is 0.440. The molecule has 1 amide bonds. The number of rotatable bonds is 5. The van der Waals surface area contributed by atoms with Gasteiger partial charge in [0.2, 0.25) is 10.0 Å². The van der Waals surface area contributed by atoms with Gasteiger partial charge >= 0.3 is 0 Å². The van der Waals surface area contributed by atoms with Crippen LogP contribution in [0.25, 0.3) is 0 Å². The Labute approximate surface area is 138 Å². The van der Waals surface area contributed by atoms with Crippen molar-refractivity contribution in [3.63, 3.8) is 0 Å². The molecule has 8 nitrogen and oxygen atoms in total. The summed E-state index contributed by atoms with van der Waals surface area (Å²) < 4.78 is 25.2. The van der Waals surface area contributed by atoms with Crippen LogP contribution < -0.4 is 5.32 Å². The van der Waals surface area contributed by atoms with Crippen molar-refractivity contribution in [3.05, 3.63) is 64.2 Å². The Kier molecular flexibility index (Phi) is 4.96. The van der Waals surface area contributed by atoms with Crippen molar-refractivity contribution in [1.29, 1.82) is 0 Å². The first-order chi connectivity index (χ1) is 11.2. The van der Waals surface area contributed by atoms with Crippen molar-refractivity contribution in [2.45, 2.75) is 4.90 Å². The number of nitro groups is 1. The lowest BCUT2D eigenvalue weighted by molar-refractivity contribution is -0.384. The average molecular weight is 349 g/mol. The highest BCUT2D eigenvalue weighted by atomic mass is 32.2. The van der Waals surface area contributed by atoms with Crippen LogP contribution in [0, 0.1) is 10.1 Å². The summed E-state index contributed by atoms with van der Waals surface area (Å²) in [4.78, 5) is 22.3. The Hall–Kier alpha value is -2.78. The Morgan fingerprint density at radius 3 is 2.29 bits per heavy atom. The number of benzene rings is 2. The van der Waals surface area contributed by atoms with E-state index in [1.807, 2.05) is 0 Å². The van der Waals surface area contributed by atoms with Gasteiger partial charge in [-0.05, 0) is 30.3 Å². The minimum absolute atomic E-state index is 0.00356. The average Bonchev–Trinajstić information content (AvgIpc) is 2.55. The van der Waals surface area contributed by atoms with Gasteiger partial charge in [-0.3, -0.25) is 14.9 Å². The summed E-state index contributed by atoms with van der Waals surface area (Å²) in [5.74, 6) is -0.514. The summed E-state index contributed by atoms with van der Waals surface area (Å²) in [7, 11) is -0.839. The molecule has 0 unspecified atom stereocenters. The van der Waals surface area contributed by atoms with Gasteiger partial charge in [0.1, 0.15) is 0 Å².